The summed E-state index contributed by atoms with van der Waals surface area (Å²) < 4.78 is 5.20. The number of aliphatic carboxylic acids is 1. The van der Waals surface area contributed by atoms with Crippen LogP contribution in [0.1, 0.15) is 33.1 Å². The van der Waals surface area contributed by atoms with Gasteiger partial charge in [0.2, 0.25) is 0 Å². The topological polar surface area (TPSA) is 87.7 Å². The van der Waals surface area contributed by atoms with Crippen LogP contribution in [0.3, 0.4) is 0 Å². The summed E-state index contributed by atoms with van der Waals surface area (Å²) in [6.07, 6.45) is 1.87. The van der Waals surface area contributed by atoms with Gasteiger partial charge in [0.05, 0.1) is 12.1 Å². The summed E-state index contributed by atoms with van der Waals surface area (Å²) in [7, 11) is 0. The highest BCUT2D eigenvalue weighted by molar-refractivity contribution is 5.82. The Balaban J connectivity index is 2.44. The minimum Gasteiger partial charge on any atom is -0.480 e. The second-order valence-electron chi connectivity index (χ2n) is 4.64. The number of ether oxygens (including phenoxy) is 1. The lowest BCUT2D eigenvalue weighted by Gasteiger charge is -2.25. The Kier molecular flexibility index (Phi) is 4.74. The number of carboxylic acids is 1. The maximum Gasteiger partial charge on any atom is 0.326 e. The molecule has 1 saturated heterocycles. The van der Waals surface area contributed by atoms with Crippen LogP contribution in [0, 0.1) is 0 Å². The molecule has 2 amide bonds. The Labute approximate surface area is 101 Å². The Morgan fingerprint density at radius 3 is 2.71 bits per heavy atom. The van der Waals surface area contributed by atoms with Crippen molar-refractivity contribution in [3.05, 3.63) is 0 Å². The molecular weight excluding hydrogens is 224 g/mol. The molecule has 0 aromatic rings. The number of carbonyl (C=O) groups excluding carboxylic acids is 1. The van der Waals surface area contributed by atoms with E-state index in [2.05, 4.69) is 10.6 Å². The minimum atomic E-state index is -1.00. The first-order chi connectivity index (χ1) is 7.97. The number of amides is 2. The van der Waals surface area contributed by atoms with E-state index in [0.29, 0.717) is 26.1 Å². The number of nitrogens with one attached hydrogen (secondary N) is 2. The van der Waals surface area contributed by atoms with Gasteiger partial charge < -0.3 is 20.5 Å². The van der Waals surface area contributed by atoms with Crippen LogP contribution in [0.2, 0.25) is 0 Å². The first-order valence-electron chi connectivity index (χ1n) is 5.86. The van der Waals surface area contributed by atoms with Crippen LogP contribution < -0.4 is 10.6 Å². The number of hydrogen-bond donors (Lipinski definition) is 3. The van der Waals surface area contributed by atoms with Crippen molar-refractivity contribution in [3.8, 4) is 0 Å². The van der Waals surface area contributed by atoms with Crippen molar-refractivity contribution in [2.75, 3.05) is 13.2 Å². The van der Waals surface area contributed by atoms with E-state index in [-0.39, 0.29) is 5.54 Å². The van der Waals surface area contributed by atoms with Crippen LogP contribution in [0.5, 0.6) is 0 Å². The van der Waals surface area contributed by atoms with Gasteiger partial charge in [-0.3, -0.25) is 0 Å². The highest BCUT2D eigenvalue weighted by atomic mass is 16.5. The van der Waals surface area contributed by atoms with Crippen molar-refractivity contribution < 1.29 is 19.4 Å². The fraction of sp³-hybridized carbons (Fsp3) is 0.818. The van der Waals surface area contributed by atoms with E-state index in [4.69, 9.17) is 9.84 Å². The summed E-state index contributed by atoms with van der Waals surface area (Å²) in [5.74, 6) is -1.00. The van der Waals surface area contributed by atoms with E-state index in [1.54, 1.807) is 0 Å². The summed E-state index contributed by atoms with van der Waals surface area (Å²) in [4.78, 5) is 22.5. The molecule has 1 aliphatic heterocycles. The first kappa shape index (κ1) is 13.8. The average Bonchev–Trinajstić information content (AvgIpc) is 2.63. The molecule has 0 aromatic heterocycles. The Morgan fingerprint density at radius 1 is 1.53 bits per heavy atom. The quantitative estimate of drug-likeness (QED) is 0.665. The van der Waals surface area contributed by atoms with Gasteiger partial charge >= 0.3 is 12.0 Å². The lowest BCUT2D eigenvalue weighted by atomic mass is 10.0. The maximum atomic E-state index is 11.7. The van der Waals surface area contributed by atoms with E-state index in [1.165, 1.54) is 0 Å². The number of carbonyl (C=O) groups is 2. The third kappa shape index (κ3) is 4.22. The Hall–Kier alpha value is -1.30. The lowest BCUT2D eigenvalue weighted by molar-refractivity contribution is -0.139. The normalized spacial score (nSPS) is 25.3. The SMILES string of the molecule is CCC[C@H](NC(=O)NC1(C)CCOC1)C(=O)O. The molecule has 6 heteroatoms. The van der Waals surface area contributed by atoms with Gasteiger partial charge in [0, 0.05) is 6.61 Å². The largest absolute Gasteiger partial charge is 0.480 e. The molecule has 1 unspecified atom stereocenters. The zero-order valence-corrected chi connectivity index (χ0v) is 10.3. The summed E-state index contributed by atoms with van der Waals surface area (Å²) >= 11 is 0. The molecule has 0 bridgehead atoms. The molecule has 0 saturated carbocycles. The van der Waals surface area contributed by atoms with Gasteiger partial charge in [0.25, 0.3) is 0 Å². The second kappa shape index (κ2) is 5.86. The third-order valence-electron chi connectivity index (χ3n) is 2.81. The van der Waals surface area contributed by atoms with Crippen LogP contribution >= 0.6 is 0 Å². The van der Waals surface area contributed by atoms with Gasteiger partial charge in [-0.25, -0.2) is 9.59 Å². The van der Waals surface area contributed by atoms with Crippen molar-refractivity contribution in [3.63, 3.8) is 0 Å². The predicted octanol–water partition coefficient (Wildman–Crippen LogP) is 0.718. The molecule has 1 rings (SSSR count). The Bertz CT molecular complexity index is 287. The lowest BCUT2D eigenvalue weighted by Crippen LogP contribution is -2.54. The smallest absolute Gasteiger partial charge is 0.326 e. The van der Waals surface area contributed by atoms with Gasteiger partial charge in [-0.15, -0.1) is 0 Å². The minimum absolute atomic E-state index is 0.390. The number of urea groups is 1. The third-order valence-corrected chi connectivity index (χ3v) is 2.81. The van der Waals surface area contributed by atoms with Crippen molar-refractivity contribution >= 4 is 12.0 Å². The number of rotatable bonds is 5. The molecule has 1 aliphatic rings. The Morgan fingerprint density at radius 2 is 2.24 bits per heavy atom. The van der Waals surface area contributed by atoms with Crippen molar-refractivity contribution in [2.24, 2.45) is 0 Å². The van der Waals surface area contributed by atoms with Crippen molar-refractivity contribution in [1.29, 1.82) is 0 Å². The fourth-order valence-corrected chi connectivity index (χ4v) is 1.78. The van der Waals surface area contributed by atoms with Crippen LogP contribution in [-0.4, -0.2) is 41.9 Å². The standard InChI is InChI=1S/C11H20N2O4/c1-3-4-8(9(14)15)12-10(16)13-11(2)5-6-17-7-11/h8H,3-7H2,1-2H3,(H,14,15)(H2,12,13,16)/t8-,11?/m0/s1. The molecule has 98 valence electrons. The van der Waals surface area contributed by atoms with Gasteiger partial charge in [0.15, 0.2) is 0 Å². The molecule has 6 nitrogen and oxygen atoms in total. The molecule has 0 spiro atoms. The molecule has 2 atom stereocenters. The molecular formula is C11H20N2O4. The average molecular weight is 244 g/mol. The summed E-state index contributed by atoms with van der Waals surface area (Å²) in [5, 5.41) is 14.1. The molecule has 1 heterocycles. The van der Waals surface area contributed by atoms with E-state index in [9.17, 15) is 9.59 Å². The van der Waals surface area contributed by atoms with E-state index >= 15 is 0 Å². The van der Waals surface area contributed by atoms with Crippen LogP contribution in [0.15, 0.2) is 0 Å². The summed E-state index contributed by atoms with van der Waals surface area (Å²) in [5.41, 5.74) is -0.390. The molecule has 1 fully saturated rings. The predicted molar refractivity (Wildman–Crippen MR) is 61.8 cm³/mol. The van der Waals surface area contributed by atoms with Crippen molar-refractivity contribution in [1.82, 2.24) is 10.6 Å². The van der Waals surface area contributed by atoms with Crippen LogP contribution in [0.25, 0.3) is 0 Å². The van der Waals surface area contributed by atoms with Gasteiger partial charge in [-0.2, -0.15) is 0 Å². The molecule has 0 aliphatic carbocycles. The molecule has 17 heavy (non-hydrogen) atoms. The van der Waals surface area contributed by atoms with E-state index in [1.807, 2.05) is 13.8 Å². The van der Waals surface area contributed by atoms with Gasteiger partial charge in [-0.1, -0.05) is 13.3 Å². The van der Waals surface area contributed by atoms with Gasteiger partial charge in [0.1, 0.15) is 6.04 Å². The van der Waals surface area contributed by atoms with Crippen LogP contribution in [0.4, 0.5) is 4.79 Å². The zero-order chi connectivity index (χ0) is 12.9. The monoisotopic (exact) mass is 244 g/mol. The van der Waals surface area contributed by atoms with Gasteiger partial charge in [-0.05, 0) is 19.8 Å². The summed E-state index contributed by atoms with van der Waals surface area (Å²) in [6.45, 7) is 4.84. The maximum absolute atomic E-state index is 11.7. The highest BCUT2D eigenvalue weighted by Crippen LogP contribution is 2.17. The number of carboxylic acid groups (broad SMARTS) is 1. The molecule has 0 radical (unpaired) electrons. The summed E-state index contributed by atoms with van der Waals surface area (Å²) in [6, 6.07) is -1.27. The zero-order valence-electron chi connectivity index (χ0n) is 10.3. The molecule has 3 N–H and O–H groups in total. The molecule has 0 aromatic carbocycles. The fourth-order valence-electron chi connectivity index (χ4n) is 1.78. The van der Waals surface area contributed by atoms with E-state index in [0.717, 1.165) is 6.42 Å². The van der Waals surface area contributed by atoms with E-state index < -0.39 is 18.0 Å². The second-order valence-corrected chi connectivity index (χ2v) is 4.64. The highest BCUT2D eigenvalue weighted by Gasteiger charge is 2.32. The van der Waals surface area contributed by atoms with Crippen molar-refractivity contribution in [2.45, 2.75) is 44.7 Å². The van der Waals surface area contributed by atoms with Crippen LogP contribution in [-0.2, 0) is 9.53 Å². The first-order valence-corrected chi connectivity index (χ1v) is 5.86. The number of hydrogen-bond acceptors (Lipinski definition) is 3.